The Labute approximate surface area is 186 Å². The van der Waals surface area contributed by atoms with E-state index in [1.54, 1.807) is 11.3 Å². The molecule has 1 saturated carbocycles. The van der Waals surface area contributed by atoms with Crippen molar-refractivity contribution in [2.45, 2.75) is 83.3 Å². The summed E-state index contributed by atoms with van der Waals surface area (Å²) in [6, 6.07) is 0.185. The van der Waals surface area contributed by atoms with Crippen molar-refractivity contribution >= 4 is 39.3 Å². The van der Waals surface area contributed by atoms with E-state index in [1.807, 2.05) is 4.57 Å². The average Bonchev–Trinajstić information content (AvgIpc) is 3.09. The van der Waals surface area contributed by atoms with E-state index in [0.29, 0.717) is 11.1 Å². The highest BCUT2D eigenvalue weighted by Crippen LogP contribution is 2.43. The molecule has 164 valence electrons. The first kappa shape index (κ1) is 21.9. The van der Waals surface area contributed by atoms with Gasteiger partial charge in [0.2, 0.25) is 0 Å². The minimum atomic E-state index is -0.289. The van der Waals surface area contributed by atoms with Crippen LogP contribution in [0.3, 0.4) is 0 Å². The number of methoxy groups -OCH3 is 1. The Bertz CT molecular complexity index is 997. The molecular weight excluding hydrogens is 416 g/mol. The molecule has 4 rings (SSSR count). The Hall–Kier alpha value is -1.34. The largest absolute Gasteiger partial charge is 0.468 e. The summed E-state index contributed by atoms with van der Waals surface area (Å²) in [6.07, 6.45) is 8.67. The normalized spacial score (nSPS) is 20.3. The van der Waals surface area contributed by atoms with Crippen LogP contribution in [0.5, 0.6) is 0 Å². The van der Waals surface area contributed by atoms with Gasteiger partial charge in [-0.05, 0) is 49.0 Å². The number of thiophene rings is 1. The highest BCUT2D eigenvalue weighted by atomic mass is 32.2. The lowest BCUT2D eigenvalue weighted by atomic mass is 9.72. The number of hydrogen-bond acceptors (Lipinski definition) is 6. The summed E-state index contributed by atoms with van der Waals surface area (Å²) in [5.41, 5.74) is 1.61. The Balaban J connectivity index is 1.80. The van der Waals surface area contributed by atoms with E-state index in [0.717, 1.165) is 55.2 Å². The van der Waals surface area contributed by atoms with Crippen molar-refractivity contribution in [1.82, 2.24) is 9.55 Å². The van der Waals surface area contributed by atoms with Crippen molar-refractivity contribution in [2.75, 3.05) is 12.9 Å². The molecule has 0 N–H and O–H groups in total. The number of hydrogen-bond donors (Lipinski definition) is 0. The SMILES string of the molecule is COC(=O)CSc1nc2sc3c(c2c(=O)n1C1CCCCC1)CC[C@H](C(C)(C)C)C3. The molecule has 5 nitrogen and oxygen atoms in total. The highest BCUT2D eigenvalue weighted by Gasteiger charge is 2.33. The number of carbonyl (C=O) groups excluding carboxylic acids is 1. The van der Waals surface area contributed by atoms with Crippen LogP contribution in [0.4, 0.5) is 0 Å². The van der Waals surface area contributed by atoms with Crippen molar-refractivity contribution in [2.24, 2.45) is 11.3 Å². The number of ether oxygens (including phenoxy) is 1. The fourth-order valence-electron chi connectivity index (χ4n) is 4.90. The molecule has 0 radical (unpaired) electrons. The van der Waals surface area contributed by atoms with E-state index in [1.165, 1.54) is 35.7 Å². The smallest absolute Gasteiger partial charge is 0.316 e. The van der Waals surface area contributed by atoms with E-state index in [4.69, 9.17) is 9.72 Å². The van der Waals surface area contributed by atoms with Crippen LogP contribution < -0.4 is 5.56 Å². The molecule has 0 aliphatic heterocycles. The molecule has 1 fully saturated rings. The van der Waals surface area contributed by atoms with E-state index in [9.17, 15) is 9.59 Å². The lowest BCUT2D eigenvalue weighted by Gasteiger charge is -2.33. The van der Waals surface area contributed by atoms with E-state index in [-0.39, 0.29) is 28.7 Å². The number of esters is 1. The summed E-state index contributed by atoms with van der Waals surface area (Å²) in [5.74, 6) is 0.521. The van der Waals surface area contributed by atoms with Crippen molar-refractivity contribution in [3.63, 3.8) is 0 Å². The molecule has 0 saturated heterocycles. The standard InChI is InChI=1S/C23H32N2O3S2/c1-23(2,3)14-10-11-16-17(12-14)30-20-19(16)21(27)25(15-8-6-5-7-9-15)22(24-20)29-13-18(26)28-4/h14-15H,5-13H2,1-4H3/t14-/m0/s1. The van der Waals surface area contributed by atoms with Gasteiger partial charge in [0.1, 0.15) is 4.83 Å². The maximum absolute atomic E-state index is 13.8. The van der Waals surface area contributed by atoms with E-state index < -0.39 is 0 Å². The first-order valence-corrected chi connectivity index (χ1v) is 12.9. The van der Waals surface area contributed by atoms with Crippen molar-refractivity contribution in [1.29, 1.82) is 0 Å². The van der Waals surface area contributed by atoms with Crippen LogP contribution in [0.15, 0.2) is 9.95 Å². The van der Waals surface area contributed by atoms with Crippen molar-refractivity contribution < 1.29 is 9.53 Å². The zero-order valence-electron chi connectivity index (χ0n) is 18.5. The number of fused-ring (bicyclic) bond motifs is 3. The molecule has 2 aromatic rings. The number of aryl methyl sites for hydroxylation is 1. The fourth-order valence-corrected chi connectivity index (χ4v) is 7.14. The molecule has 0 bridgehead atoms. The molecule has 0 amide bonds. The zero-order chi connectivity index (χ0) is 21.5. The first-order chi connectivity index (χ1) is 14.3. The number of thioether (sulfide) groups is 1. The third-order valence-corrected chi connectivity index (χ3v) is 8.87. The second kappa shape index (κ2) is 8.65. The number of rotatable bonds is 4. The molecule has 2 aliphatic carbocycles. The van der Waals surface area contributed by atoms with Crippen molar-refractivity contribution in [3.8, 4) is 0 Å². The third kappa shape index (κ3) is 4.20. The van der Waals surface area contributed by atoms with Crippen molar-refractivity contribution in [3.05, 3.63) is 20.8 Å². The molecule has 30 heavy (non-hydrogen) atoms. The van der Waals surface area contributed by atoms with Crippen LogP contribution >= 0.6 is 23.1 Å². The fraction of sp³-hybridized carbons (Fsp3) is 0.696. The van der Waals surface area contributed by atoms with Crippen LogP contribution in [-0.2, 0) is 22.4 Å². The number of aromatic nitrogens is 2. The van der Waals surface area contributed by atoms with Gasteiger partial charge in [0, 0.05) is 10.9 Å². The van der Waals surface area contributed by atoms with Gasteiger partial charge in [-0.3, -0.25) is 14.2 Å². The molecule has 0 unspecified atom stereocenters. The van der Waals surface area contributed by atoms with Gasteiger partial charge in [-0.25, -0.2) is 4.98 Å². The Morgan fingerprint density at radius 3 is 2.63 bits per heavy atom. The topological polar surface area (TPSA) is 61.2 Å². The maximum atomic E-state index is 13.8. The minimum absolute atomic E-state index is 0.103. The van der Waals surface area contributed by atoms with Gasteiger partial charge in [0.15, 0.2) is 5.16 Å². The quantitative estimate of drug-likeness (QED) is 0.357. The monoisotopic (exact) mass is 448 g/mol. The molecule has 0 aromatic carbocycles. The van der Waals surface area contributed by atoms with Gasteiger partial charge < -0.3 is 4.74 Å². The second-order valence-electron chi connectivity index (χ2n) is 9.72. The van der Waals surface area contributed by atoms with E-state index >= 15 is 0 Å². The lowest BCUT2D eigenvalue weighted by molar-refractivity contribution is -0.137. The van der Waals surface area contributed by atoms with Gasteiger partial charge in [-0.1, -0.05) is 51.8 Å². The molecular formula is C23H32N2O3S2. The van der Waals surface area contributed by atoms with Crippen LogP contribution in [0.1, 0.15) is 75.8 Å². The van der Waals surface area contributed by atoms with Gasteiger partial charge in [0.05, 0.1) is 18.2 Å². The maximum Gasteiger partial charge on any atom is 0.316 e. The minimum Gasteiger partial charge on any atom is -0.468 e. The van der Waals surface area contributed by atoms with Crippen LogP contribution in [0, 0.1) is 11.3 Å². The van der Waals surface area contributed by atoms with Gasteiger partial charge >= 0.3 is 5.97 Å². The molecule has 7 heteroatoms. The molecule has 0 spiro atoms. The molecule has 2 aliphatic rings. The molecule has 2 aromatic heterocycles. The second-order valence-corrected chi connectivity index (χ2v) is 11.7. The Morgan fingerprint density at radius 1 is 1.23 bits per heavy atom. The van der Waals surface area contributed by atoms with Gasteiger partial charge in [-0.15, -0.1) is 11.3 Å². The predicted molar refractivity (Wildman–Crippen MR) is 124 cm³/mol. The Kier molecular flexibility index (Phi) is 6.31. The number of nitrogens with zero attached hydrogens (tertiary/aromatic N) is 2. The van der Waals surface area contributed by atoms with Crippen LogP contribution in [-0.4, -0.2) is 28.4 Å². The highest BCUT2D eigenvalue weighted by molar-refractivity contribution is 7.99. The van der Waals surface area contributed by atoms with Gasteiger partial charge in [0.25, 0.3) is 5.56 Å². The summed E-state index contributed by atoms with van der Waals surface area (Å²) in [4.78, 5) is 32.7. The number of carbonyl (C=O) groups is 1. The molecule has 2 heterocycles. The summed E-state index contributed by atoms with van der Waals surface area (Å²) >= 11 is 3.03. The van der Waals surface area contributed by atoms with E-state index in [2.05, 4.69) is 20.8 Å². The summed E-state index contributed by atoms with van der Waals surface area (Å²) in [7, 11) is 1.40. The zero-order valence-corrected chi connectivity index (χ0v) is 20.1. The van der Waals surface area contributed by atoms with Crippen LogP contribution in [0.2, 0.25) is 0 Å². The average molecular weight is 449 g/mol. The first-order valence-electron chi connectivity index (χ1n) is 11.1. The summed E-state index contributed by atoms with van der Waals surface area (Å²) in [5, 5.41) is 1.52. The van der Waals surface area contributed by atoms with Gasteiger partial charge in [-0.2, -0.15) is 0 Å². The Morgan fingerprint density at radius 2 is 1.97 bits per heavy atom. The third-order valence-electron chi connectivity index (χ3n) is 6.79. The summed E-state index contributed by atoms with van der Waals surface area (Å²) in [6.45, 7) is 6.93. The molecule has 1 atom stereocenters. The lowest BCUT2D eigenvalue weighted by Crippen LogP contribution is -2.30. The summed E-state index contributed by atoms with van der Waals surface area (Å²) < 4.78 is 6.73. The van der Waals surface area contributed by atoms with Crippen LogP contribution in [0.25, 0.3) is 10.2 Å². The predicted octanol–water partition coefficient (Wildman–Crippen LogP) is 5.38.